The molecule has 27 heavy (non-hydrogen) atoms. The minimum Gasteiger partial charge on any atom is -0.478 e. The Labute approximate surface area is 156 Å². The highest BCUT2D eigenvalue weighted by molar-refractivity contribution is 5.93. The fourth-order valence-corrected chi connectivity index (χ4v) is 3.54. The highest BCUT2D eigenvalue weighted by Crippen LogP contribution is 2.35. The van der Waals surface area contributed by atoms with Gasteiger partial charge in [-0.05, 0) is 50.1 Å². The van der Waals surface area contributed by atoms with Gasteiger partial charge in [-0.2, -0.15) is 0 Å². The number of carboxylic acid groups (broad SMARTS) is 1. The summed E-state index contributed by atoms with van der Waals surface area (Å²) in [5, 5.41) is 9.27. The minimum absolute atomic E-state index is 0.196. The molecule has 0 bridgehead atoms. The molecule has 1 unspecified atom stereocenters. The van der Waals surface area contributed by atoms with E-state index in [0.717, 1.165) is 36.5 Å². The number of fused-ring (bicyclic) bond motifs is 1. The van der Waals surface area contributed by atoms with Crippen LogP contribution in [0.5, 0.6) is 0 Å². The molecule has 7 heteroatoms. The van der Waals surface area contributed by atoms with Gasteiger partial charge in [0.1, 0.15) is 5.69 Å². The number of aromatic carboxylic acids is 1. The number of aromatic nitrogens is 2. The highest BCUT2D eigenvalue weighted by atomic mass is 16.4. The second-order valence-electron chi connectivity index (χ2n) is 6.93. The molecule has 0 amide bonds. The first-order valence-corrected chi connectivity index (χ1v) is 8.91. The summed E-state index contributed by atoms with van der Waals surface area (Å²) >= 11 is 0. The summed E-state index contributed by atoms with van der Waals surface area (Å²) in [6, 6.07) is 10.6. The SMILES string of the molecule is CC1CCCN1c1nc2cc(C(=O)O)ccc2nc1-c1ccc(N)c(N)c1. The molecule has 1 aliphatic rings. The molecule has 1 atom stereocenters. The van der Waals surface area contributed by atoms with Gasteiger partial charge in [-0.15, -0.1) is 0 Å². The van der Waals surface area contributed by atoms with Crippen LogP contribution in [0.25, 0.3) is 22.3 Å². The van der Waals surface area contributed by atoms with E-state index in [0.29, 0.717) is 28.5 Å². The first-order chi connectivity index (χ1) is 12.9. The number of carboxylic acids is 1. The van der Waals surface area contributed by atoms with Gasteiger partial charge in [-0.1, -0.05) is 6.07 Å². The van der Waals surface area contributed by atoms with E-state index in [4.69, 9.17) is 21.4 Å². The topological polar surface area (TPSA) is 118 Å². The Morgan fingerprint density at radius 3 is 2.59 bits per heavy atom. The molecule has 0 aliphatic carbocycles. The third kappa shape index (κ3) is 3.01. The molecule has 1 saturated heterocycles. The van der Waals surface area contributed by atoms with Crippen molar-refractivity contribution in [2.45, 2.75) is 25.8 Å². The quantitative estimate of drug-likeness (QED) is 0.612. The molecule has 138 valence electrons. The summed E-state index contributed by atoms with van der Waals surface area (Å²) in [6.45, 7) is 3.05. The van der Waals surface area contributed by atoms with Crippen molar-refractivity contribution in [1.29, 1.82) is 0 Å². The fourth-order valence-electron chi connectivity index (χ4n) is 3.54. The third-order valence-corrected chi connectivity index (χ3v) is 5.08. The van der Waals surface area contributed by atoms with Gasteiger partial charge in [0.2, 0.25) is 0 Å². The Bertz CT molecular complexity index is 1050. The monoisotopic (exact) mass is 363 g/mol. The molecular formula is C20H21N5O2. The minimum atomic E-state index is -0.981. The van der Waals surface area contributed by atoms with Gasteiger partial charge in [0, 0.05) is 18.2 Å². The van der Waals surface area contributed by atoms with Crippen LogP contribution >= 0.6 is 0 Å². The molecule has 5 N–H and O–H groups in total. The van der Waals surface area contributed by atoms with E-state index in [1.807, 2.05) is 6.07 Å². The van der Waals surface area contributed by atoms with Gasteiger partial charge in [0.05, 0.1) is 28.0 Å². The fraction of sp³-hybridized carbons (Fsp3) is 0.250. The van der Waals surface area contributed by atoms with Gasteiger partial charge >= 0.3 is 5.97 Å². The van der Waals surface area contributed by atoms with Crippen molar-refractivity contribution < 1.29 is 9.90 Å². The largest absolute Gasteiger partial charge is 0.478 e. The van der Waals surface area contributed by atoms with E-state index in [1.54, 1.807) is 30.3 Å². The molecule has 1 aliphatic heterocycles. The molecule has 2 heterocycles. The first kappa shape index (κ1) is 17.1. The molecule has 0 saturated carbocycles. The Morgan fingerprint density at radius 1 is 1.11 bits per heavy atom. The molecule has 0 radical (unpaired) electrons. The summed E-state index contributed by atoms with van der Waals surface area (Å²) < 4.78 is 0. The zero-order valence-corrected chi connectivity index (χ0v) is 15.0. The van der Waals surface area contributed by atoms with Crippen molar-refractivity contribution in [2.75, 3.05) is 22.9 Å². The molecule has 1 aromatic heterocycles. The predicted molar refractivity (Wildman–Crippen MR) is 107 cm³/mol. The van der Waals surface area contributed by atoms with Gasteiger partial charge < -0.3 is 21.5 Å². The molecule has 4 rings (SSSR count). The summed E-state index contributed by atoms with van der Waals surface area (Å²) in [6.07, 6.45) is 2.16. The van der Waals surface area contributed by atoms with Crippen LogP contribution < -0.4 is 16.4 Å². The predicted octanol–water partition coefficient (Wildman–Crippen LogP) is 3.15. The first-order valence-electron chi connectivity index (χ1n) is 8.91. The zero-order chi connectivity index (χ0) is 19.1. The van der Waals surface area contributed by atoms with E-state index in [1.165, 1.54) is 0 Å². The van der Waals surface area contributed by atoms with Crippen LogP contribution in [0.3, 0.4) is 0 Å². The molecule has 2 aromatic carbocycles. The van der Waals surface area contributed by atoms with Gasteiger partial charge in [0.15, 0.2) is 5.82 Å². The molecule has 0 spiro atoms. The van der Waals surface area contributed by atoms with Gasteiger partial charge in [-0.3, -0.25) is 0 Å². The van der Waals surface area contributed by atoms with E-state index in [-0.39, 0.29) is 5.56 Å². The van der Waals surface area contributed by atoms with E-state index >= 15 is 0 Å². The van der Waals surface area contributed by atoms with Crippen molar-refractivity contribution in [3.05, 3.63) is 42.0 Å². The Hall–Kier alpha value is -3.35. The van der Waals surface area contributed by atoms with Crippen molar-refractivity contribution in [3.63, 3.8) is 0 Å². The van der Waals surface area contributed by atoms with Crippen LogP contribution in [-0.4, -0.2) is 33.6 Å². The molecule has 3 aromatic rings. The number of hydrogen-bond donors (Lipinski definition) is 3. The maximum atomic E-state index is 11.3. The van der Waals surface area contributed by atoms with Crippen LogP contribution in [-0.2, 0) is 0 Å². The van der Waals surface area contributed by atoms with E-state index < -0.39 is 5.97 Å². The Kier molecular flexibility index (Phi) is 4.07. The van der Waals surface area contributed by atoms with Crippen LogP contribution in [0.4, 0.5) is 17.2 Å². The summed E-state index contributed by atoms with van der Waals surface area (Å²) in [7, 11) is 0. The summed E-state index contributed by atoms with van der Waals surface area (Å²) in [5.74, 6) is -0.232. The average Bonchev–Trinajstić information content (AvgIpc) is 3.08. The number of carbonyl (C=O) groups is 1. The zero-order valence-electron chi connectivity index (χ0n) is 15.0. The number of nitrogen functional groups attached to an aromatic ring is 2. The summed E-state index contributed by atoms with van der Waals surface area (Å²) in [4.78, 5) is 23.1. The van der Waals surface area contributed by atoms with Crippen molar-refractivity contribution in [1.82, 2.24) is 9.97 Å². The van der Waals surface area contributed by atoms with Crippen LogP contribution in [0.15, 0.2) is 36.4 Å². The lowest BCUT2D eigenvalue weighted by molar-refractivity contribution is 0.0697. The van der Waals surface area contributed by atoms with Crippen molar-refractivity contribution >= 4 is 34.2 Å². The number of anilines is 3. The number of hydrogen-bond acceptors (Lipinski definition) is 6. The molecule has 7 nitrogen and oxygen atoms in total. The normalized spacial score (nSPS) is 16.8. The number of nitrogens with zero attached hydrogens (tertiary/aromatic N) is 3. The van der Waals surface area contributed by atoms with Gasteiger partial charge in [-0.25, -0.2) is 14.8 Å². The maximum Gasteiger partial charge on any atom is 0.335 e. The summed E-state index contributed by atoms with van der Waals surface area (Å²) in [5.41, 5.74) is 15.8. The van der Waals surface area contributed by atoms with Crippen molar-refractivity contribution in [2.24, 2.45) is 0 Å². The third-order valence-electron chi connectivity index (χ3n) is 5.08. The number of nitrogens with two attached hydrogens (primary N) is 2. The average molecular weight is 363 g/mol. The lowest BCUT2D eigenvalue weighted by atomic mass is 10.1. The Balaban J connectivity index is 1.95. The Morgan fingerprint density at radius 2 is 1.93 bits per heavy atom. The lowest BCUT2D eigenvalue weighted by Gasteiger charge is -2.25. The second-order valence-corrected chi connectivity index (χ2v) is 6.93. The number of benzene rings is 2. The van der Waals surface area contributed by atoms with Crippen LogP contribution in [0, 0.1) is 0 Å². The van der Waals surface area contributed by atoms with Crippen LogP contribution in [0.1, 0.15) is 30.1 Å². The smallest absolute Gasteiger partial charge is 0.335 e. The van der Waals surface area contributed by atoms with E-state index in [9.17, 15) is 9.90 Å². The molecular weight excluding hydrogens is 342 g/mol. The molecule has 1 fully saturated rings. The van der Waals surface area contributed by atoms with E-state index in [2.05, 4.69) is 11.8 Å². The number of rotatable bonds is 3. The maximum absolute atomic E-state index is 11.3. The van der Waals surface area contributed by atoms with Crippen LogP contribution in [0.2, 0.25) is 0 Å². The van der Waals surface area contributed by atoms with Crippen molar-refractivity contribution in [3.8, 4) is 11.3 Å². The lowest BCUT2D eigenvalue weighted by Crippen LogP contribution is -2.28. The highest BCUT2D eigenvalue weighted by Gasteiger charge is 2.26. The standard InChI is InChI=1S/C20H21N5O2/c1-11-3-2-8-25(11)19-18(12-4-6-14(21)15(22)9-12)23-16-7-5-13(20(26)27)10-17(16)24-19/h4-7,9-11H,2-3,8,21-22H2,1H3,(H,26,27). The second kappa shape index (κ2) is 6.42. The van der Waals surface area contributed by atoms with Gasteiger partial charge in [0.25, 0.3) is 0 Å².